The van der Waals surface area contributed by atoms with Gasteiger partial charge in [-0.1, -0.05) is 16.8 Å². The van der Waals surface area contributed by atoms with E-state index in [2.05, 4.69) is 20.4 Å². The van der Waals surface area contributed by atoms with Crippen LogP contribution in [-0.4, -0.2) is 26.0 Å². The second-order valence-corrected chi connectivity index (χ2v) is 4.09. The van der Waals surface area contributed by atoms with Crippen molar-refractivity contribution in [3.05, 3.63) is 44.8 Å². The van der Waals surface area contributed by atoms with Gasteiger partial charge in [0.15, 0.2) is 5.82 Å². The minimum Gasteiger partial charge on any atom is -0.343 e. The van der Waals surface area contributed by atoms with Crippen molar-refractivity contribution in [3.63, 3.8) is 0 Å². The molecule has 104 valence electrons. The van der Waals surface area contributed by atoms with Gasteiger partial charge in [-0.25, -0.2) is 4.98 Å². The summed E-state index contributed by atoms with van der Waals surface area (Å²) < 4.78 is 4.80. The van der Waals surface area contributed by atoms with Crippen molar-refractivity contribution >= 4 is 23.2 Å². The first-order valence-corrected chi connectivity index (χ1v) is 5.72. The Bertz CT molecular complexity index is 671. The minimum atomic E-state index is -0.713. The highest BCUT2D eigenvalue weighted by Crippen LogP contribution is 2.20. The van der Waals surface area contributed by atoms with E-state index in [1.54, 1.807) is 6.92 Å². The molecular weight excluding hydrogens is 290 g/mol. The zero-order chi connectivity index (χ0) is 14.7. The van der Waals surface area contributed by atoms with Gasteiger partial charge in [0.1, 0.15) is 16.9 Å². The number of halogens is 1. The topological polar surface area (TPSA) is 124 Å². The molecule has 2 heterocycles. The number of nitro groups is 1. The number of aromatic nitrogens is 3. The van der Waals surface area contributed by atoms with E-state index in [1.165, 1.54) is 0 Å². The number of carbonyl (C=O) groups is 1. The molecule has 20 heavy (non-hydrogen) atoms. The van der Waals surface area contributed by atoms with Gasteiger partial charge in [0.05, 0.1) is 11.5 Å². The number of hydrogen-bond donors (Lipinski definition) is 1. The van der Waals surface area contributed by atoms with Crippen LogP contribution in [0, 0.1) is 17.0 Å². The smallest absolute Gasteiger partial charge is 0.300 e. The summed E-state index contributed by atoms with van der Waals surface area (Å²) >= 11 is 5.63. The third kappa shape index (κ3) is 3.06. The van der Waals surface area contributed by atoms with Crippen molar-refractivity contribution in [2.45, 2.75) is 13.5 Å². The second-order valence-electron chi connectivity index (χ2n) is 3.70. The molecule has 0 radical (unpaired) electrons. The SMILES string of the molecule is Cc1noc(CNC(=O)c2cc(Cl)ncc2[N+](=O)[O-])n1. The van der Waals surface area contributed by atoms with Gasteiger partial charge in [0, 0.05) is 0 Å². The maximum absolute atomic E-state index is 11.9. The van der Waals surface area contributed by atoms with Crippen LogP contribution in [0.5, 0.6) is 0 Å². The lowest BCUT2D eigenvalue weighted by Gasteiger charge is -2.03. The zero-order valence-electron chi connectivity index (χ0n) is 10.2. The summed E-state index contributed by atoms with van der Waals surface area (Å²) in [4.78, 5) is 29.5. The van der Waals surface area contributed by atoms with Crippen LogP contribution in [0.4, 0.5) is 5.69 Å². The maximum atomic E-state index is 11.9. The molecule has 0 saturated heterocycles. The molecular formula is C10H8ClN5O4. The number of rotatable bonds is 4. The summed E-state index contributed by atoms with van der Waals surface area (Å²) in [6, 6.07) is 1.12. The molecule has 0 aliphatic carbocycles. The number of carbonyl (C=O) groups excluding carboxylic acids is 1. The number of nitrogens with one attached hydrogen (secondary N) is 1. The fraction of sp³-hybridized carbons (Fsp3) is 0.200. The first kappa shape index (κ1) is 13.9. The monoisotopic (exact) mass is 297 g/mol. The lowest BCUT2D eigenvalue weighted by atomic mass is 10.2. The number of hydrogen-bond acceptors (Lipinski definition) is 7. The highest BCUT2D eigenvalue weighted by molar-refractivity contribution is 6.29. The standard InChI is InChI=1S/C10H8ClN5O4/c1-5-14-9(20-15-5)4-13-10(17)6-2-8(11)12-3-7(6)16(18)19/h2-3H,4H2,1H3,(H,13,17). The number of pyridine rings is 1. The molecule has 0 unspecified atom stereocenters. The van der Waals surface area contributed by atoms with Gasteiger partial charge in [-0.2, -0.15) is 4.98 Å². The van der Waals surface area contributed by atoms with Crippen molar-refractivity contribution in [2.24, 2.45) is 0 Å². The summed E-state index contributed by atoms with van der Waals surface area (Å²) in [5.41, 5.74) is -0.625. The molecule has 1 N–H and O–H groups in total. The Morgan fingerprint density at radius 1 is 1.60 bits per heavy atom. The van der Waals surface area contributed by atoms with E-state index >= 15 is 0 Å². The minimum absolute atomic E-state index is 0.0191. The summed E-state index contributed by atoms with van der Waals surface area (Å²) in [5, 5.41) is 16.8. The predicted molar refractivity (Wildman–Crippen MR) is 66.1 cm³/mol. The van der Waals surface area contributed by atoms with E-state index in [4.69, 9.17) is 16.1 Å². The zero-order valence-corrected chi connectivity index (χ0v) is 10.9. The van der Waals surface area contributed by atoms with Crippen LogP contribution in [0.1, 0.15) is 22.1 Å². The number of nitrogens with zero attached hydrogens (tertiary/aromatic N) is 4. The van der Waals surface area contributed by atoms with Crippen LogP contribution in [-0.2, 0) is 6.54 Å². The molecule has 0 atom stereocenters. The third-order valence-corrected chi connectivity index (χ3v) is 2.47. The Balaban J connectivity index is 2.16. The highest BCUT2D eigenvalue weighted by atomic mass is 35.5. The Kier molecular flexibility index (Phi) is 3.89. The van der Waals surface area contributed by atoms with Crippen molar-refractivity contribution in [2.75, 3.05) is 0 Å². The first-order chi connectivity index (χ1) is 9.47. The normalized spacial score (nSPS) is 10.3. The lowest BCUT2D eigenvalue weighted by Crippen LogP contribution is -2.24. The molecule has 2 aromatic rings. The first-order valence-electron chi connectivity index (χ1n) is 5.34. The highest BCUT2D eigenvalue weighted by Gasteiger charge is 2.21. The lowest BCUT2D eigenvalue weighted by molar-refractivity contribution is -0.385. The van der Waals surface area contributed by atoms with E-state index in [1.807, 2.05) is 0 Å². The van der Waals surface area contributed by atoms with E-state index < -0.39 is 16.5 Å². The molecule has 0 bridgehead atoms. The molecule has 0 saturated carbocycles. The molecule has 1 amide bonds. The van der Waals surface area contributed by atoms with Gasteiger partial charge in [-0.15, -0.1) is 0 Å². The van der Waals surface area contributed by atoms with Crippen molar-refractivity contribution in [1.82, 2.24) is 20.4 Å². The Morgan fingerprint density at radius 2 is 2.35 bits per heavy atom. The molecule has 0 fully saturated rings. The van der Waals surface area contributed by atoms with Crippen molar-refractivity contribution in [1.29, 1.82) is 0 Å². The maximum Gasteiger partial charge on any atom is 0.300 e. The Labute approximate surface area is 117 Å². The van der Waals surface area contributed by atoms with Crippen molar-refractivity contribution < 1.29 is 14.2 Å². The molecule has 2 aromatic heterocycles. The van der Waals surface area contributed by atoms with Crippen LogP contribution in [0.15, 0.2) is 16.8 Å². The average Bonchev–Trinajstić information content (AvgIpc) is 2.81. The summed E-state index contributed by atoms with van der Waals surface area (Å²) in [6.07, 6.45) is 0.925. The van der Waals surface area contributed by atoms with Crippen LogP contribution in [0.25, 0.3) is 0 Å². The summed E-state index contributed by atoms with van der Waals surface area (Å²) in [6.45, 7) is 1.58. The molecule has 10 heteroatoms. The molecule has 0 aliphatic heterocycles. The van der Waals surface area contributed by atoms with Crippen LogP contribution in [0.2, 0.25) is 5.15 Å². The molecule has 2 rings (SSSR count). The second kappa shape index (κ2) is 5.61. The van der Waals surface area contributed by atoms with Gasteiger partial charge in [0.2, 0.25) is 5.89 Å². The fourth-order valence-electron chi connectivity index (χ4n) is 1.41. The molecule has 0 aliphatic rings. The Hall–Kier alpha value is -2.55. The van der Waals surface area contributed by atoms with E-state index in [0.717, 1.165) is 12.3 Å². The largest absolute Gasteiger partial charge is 0.343 e. The fourth-order valence-corrected chi connectivity index (χ4v) is 1.57. The van der Waals surface area contributed by atoms with E-state index in [-0.39, 0.29) is 23.2 Å². The summed E-state index contributed by atoms with van der Waals surface area (Å²) in [7, 11) is 0. The van der Waals surface area contributed by atoms with Crippen LogP contribution >= 0.6 is 11.6 Å². The van der Waals surface area contributed by atoms with Gasteiger partial charge in [-0.05, 0) is 13.0 Å². The average molecular weight is 298 g/mol. The molecule has 0 spiro atoms. The molecule has 9 nitrogen and oxygen atoms in total. The van der Waals surface area contributed by atoms with E-state index in [0.29, 0.717) is 5.82 Å². The van der Waals surface area contributed by atoms with Crippen LogP contribution < -0.4 is 5.32 Å². The van der Waals surface area contributed by atoms with Gasteiger partial charge >= 0.3 is 0 Å². The molecule has 0 aromatic carbocycles. The quantitative estimate of drug-likeness (QED) is 0.511. The Morgan fingerprint density at radius 3 is 2.95 bits per heavy atom. The van der Waals surface area contributed by atoms with Gasteiger partial charge in [-0.3, -0.25) is 14.9 Å². The van der Waals surface area contributed by atoms with E-state index in [9.17, 15) is 14.9 Å². The number of aryl methyl sites for hydroxylation is 1. The number of amides is 1. The third-order valence-electron chi connectivity index (χ3n) is 2.26. The predicted octanol–water partition coefficient (Wildman–Crippen LogP) is 1.26. The van der Waals surface area contributed by atoms with Crippen LogP contribution in [0.3, 0.4) is 0 Å². The van der Waals surface area contributed by atoms with Crippen molar-refractivity contribution in [3.8, 4) is 0 Å². The van der Waals surface area contributed by atoms with Gasteiger partial charge in [0.25, 0.3) is 11.6 Å². The van der Waals surface area contributed by atoms with Gasteiger partial charge < -0.3 is 9.84 Å². The summed E-state index contributed by atoms with van der Waals surface area (Å²) in [5.74, 6) is -0.0669.